The van der Waals surface area contributed by atoms with Crippen LogP contribution in [0.25, 0.3) is 11.1 Å². The summed E-state index contributed by atoms with van der Waals surface area (Å²) in [6.45, 7) is 6.99. The molecule has 2 fully saturated rings. The number of esters is 1. The first-order valence-corrected chi connectivity index (χ1v) is 12.8. The van der Waals surface area contributed by atoms with Crippen molar-refractivity contribution < 1.29 is 19.1 Å². The van der Waals surface area contributed by atoms with Crippen molar-refractivity contribution in [2.75, 3.05) is 6.61 Å². The number of halogens is 1. The highest BCUT2D eigenvalue weighted by Crippen LogP contribution is 2.40. The smallest absolute Gasteiger partial charge is 0.306 e. The lowest BCUT2D eigenvalue weighted by molar-refractivity contribution is -0.155. The van der Waals surface area contributed by atoms with Crippen LogP contribution in [-0.4, -0.2) is 36.5 Å². The first-order valence-electron chi connectivity index (χ1n) is 12.8. The molecule has 1 aliphatic carbocycles. The van der Waals surface area contributed by atoms with E-state index in [9.17, 15) is 9.59 Å². The topological polar surface area (TPSA) is 114 Å². The van der Waals surface area contributed by atoms with Gasteiger partial charge in [0.05, 0.1) is 18.4 Å². The molecule has 8 heteroatoms. The number of nitrogens with two attached hydrogens (primary N) is 1. The summed E-state index contributed by atoms with van der Waals surface area (Å²) in [6.07, 6.45) is 3.52. The summed E-state index contributed by atoms with van der Waals surface area (Å²) >= 11 is 0. The molecule has 0 radical (unpaired) electrons. The molecule has 0 aromatic heterocycles. The van der Waals surface area contributed by atoms with Crippen LogP contribution in [-0.2, 0) is 14.3 Å². The van der Waals surface area contributed by atoms with Crippen LogP contribution in [0.3, 0.4) is 0 Å². The van der Waals surface area contributed by atoms with Crippen molar-refractivity contribution in [3.05, 3.63) is 54.1 Å². The molecule has 1 saturated heterocycles. The van der Waals surface area contributed by atoms with Gasteiger partial charge >= 0.3 is 5.97 Å². The van der Waals surface area contributed by atoms with Gasteiger partial charge in [0, 0.05) is 5.56 Å². The highest BCUT2D eigenvalue weighted by Gasteiger charge is 2.37. The van der Waals surface area contributed by atoms with E-state index in [0.717, 1.165) is 30.4 Å². The molecule has 0 bridgehead atoms. The minimum absolute atomic E-state index is 0. The van der Waals surface area contributed by atoms with Crippen LogP contribution < -0.4 is 15.8 Å². The number of amidine groups is 1. The van der Waals surface area contributed by atoms with Gasteiger partial charge in [0.2, 0.25) is 5.91 Å². The lowest BCUT2D eigenvalue weighted by Crippen LogP contribution is -2.34. The maximum Gasteiger partial charge on any atom is 0.306 e. The lowest BCUT2D eigenvalue weighted by Gasteiger charge is -2.38. The summed E-state index contributed by atoms with van der Waals surface area (Å²) in [4.78, 5) is 25.0. The minimum atomic E-state index is -0.375. The van der Waals surface area contributed by atoms with E-state index < -0.39 is 0 Å². The van der Waals surface area contributed by atoms with Gasteiger partial charge < -0.3 is 20.5 Å². The molecule has 1 amide bonds. The van der Waals surface area contributed by atoms with Crippen LogP contribution in [0.1, 0.15) is 58.4 Å². The van der Waals surface area contributed by atoms with Crippen LogP contribution in [0.15, 0.2) is 48.5 Å². The fourth-order valence-electron chi connectivity index (χ4n) is 5.68. The molecule has 4 N–H and O–H groups in total. The van der Waals surface area contributed by atoms with Gasteiger partial charge in [-0.2, -0.15) is 0 Å². The van der Waals surface area contributed by atoms with Gasteiger partial charge in [-0.25, -0.2) is 0 Å². The second kappa shape index (κ2) is 12.0. The lowest BCUT2D eigenvalue weighted by atomic mass is 9.71. The molecule has 200 valence electrons. The average molecular weight is 528 g/mol. The Morgan fingerprint density at radius 1 is 1.05 bits per heavy atom. The van der Waals surface area contributed by atoms with Crippen molar-refractivity contribution in [3.63, 3.8) is 0 Å². The second-order valence-electron chi connectivity index (χ2n) is 11.2. The van der Waals surface area contributed by atoms with Gasteiger partial charge in [-0.15, -0.1) is 12.4 Å². The minimum Gasteiger partial charge on any atom is -0.491 e. The molecule has 1 heterocycles. The van der Waals surface area contributed by atoms with Crippen molar-refractivity contribution in [2.45, 2.75) is 65.0 Å². The molecule has 0 spiro atoms. The first kappa shape index (κ1) is 28.5. The molecular weight excluding hydrogens is 490 g/mol. The third-order valence-electron chi connectivity index (χ3n) is 7.18. The molecule has 37 heavy (non-hydrogen) atoms. The van der Waals surface area contributed by atoms with Crippen molar-refractivity contribution in [3.8, 4) is 16.9 Å². The van der Waals surface area contributed by atoms with Gasteiger partial charge in [-0.3, -0.25) is 15.0 Å². The highest BCUT2D eigenvalue weighted by molar-refractivity contribution is 5.95. The number of ether oxygens (including phenoxy) is 2. The third kappa shape index (κ3) is 7.71. The molecular formula is C29H38ClN3O4. The molecule has 7 nitrogen and oxygen atoms in total. The van der Waals surface area contributed by atoms with Crippen molar-refractivity contribution in [1.82, 2.24) is 5.32 Å². The Hall–Kier alpha value is -3.06. The SMILES string of the molecule is CC1CC(OC(=O)C[C@@H]2C[C@@H](COc3ccc(-c4ccc(C(=N)N)cc4)cc3)NC2=O)CC(C)(C)C1.Cl. The summed E-state index contributed by atoms with van der Waals surface area (Å²) < 4.78 is 11.7. The van der Waals surface area contributed by atoms with Crippen LogP contribution in [0.2, 0.25) is 0 Å². The van der Waals surface area contributed by atoms with E-state index in [0.29, 0.717) is 30.3 Å². The Labute approximate surface area is 225 Å². The Bertz CT molecular complexity index is 1100. The predicted octanol–water partition coefficient (Wildman–Crippen LogP) is 5.09. The molecule has 4 atom stereocenters. The zero-order chi connectivity index (χ0) is 25.9. The van der Waals surface area contributed by atoms with E-state index in [4.69, 9.17) is 20.6 Å². The Morgan fingerprint density at radius 2 is 1.68 bits per heavy atom. The van der Waals surface area contributed by atoms with E-state index >= 15 is 0 Å². The van der Waals surface area contributed by atoms with Crippen LogP contribution in [0, 0.1) is 22.7 Å². The molecule has 2 aliphatic rings. The summed E-state index contributed by atoms with van der Waals surface area (Å²) in [5, 5.41) is 10.5. The van der Waals surface area contributed by atoms with E-state index in [2.05, 4.69) is 26.1 Å². The highest BCUT2D eigenvalue weighted by atomic mass is 35.5. The molecule has 2 aromatic carbocycles. The van der Waals surface area contributed by atoms with Crippen molar-refractivity contribution >= 4 is 30.1 Å². The second-order valence-corrected chi connectivity index (χ2v) is 11.2. The maximum absolute atomic E-state index is 12.6. The zero-order valence-electron chi connectivity index (χ0n) is 21.8. The van der Waals surface area contributed by atoms with Crippen molar-refractivity contribution in [2.24, 2.45) is 23.0 Å². The molecule has 2 aromatic rings. The normalized spacial score (nSPS) is 24.5. The molecule has 1 saturated carbocycles. The van der Waals surface area contributed by atoms with Gasteiger partial charge in [-0.1, -0.05) is 57.2 Å². The molecule has 2 unspecified atom stereocenters. The number of carbonyl (C=O) groups is 2. The number of rotatable bonds is 8. The zero-order valence-corrected chi connectivity index (χ0v) is 22.6. The average Bonchev–Trinajstić information content (AvgIpc) is 3.15. The fraction of sp³-hybridized carbons (Fsp3) is 0.483. The van der Waals surface area contributed by atoms with E-state index in [-0.39, 0.29) is 60.0 Å². The maximum atomic E-state index is 12.6. The van der Waals surface area contributed by atoms with Crippen LogP contribution in [0.4, 0.5) is 0 Å². The quantitative estimate of drug-likeness (QED) is 0.251. The fourth-order valence-corrected chi connectivity index (χ4v) is 5.68. The number of benzene rings is 2. The van der Waals surface area contributed by atoms with E-state index in [1.54, 1.807) is 0 Å². The molecule has 4 rings (SSSR count). The van der Waals surface area contributed by atoms with E-state index in [1.807, 2.05) is 48.5 Å². The number of hydrogen-bond acceptors (Lipinski definition) is 5. The van der Waals surface area contributed by atoms with Gasteiger partial charge in [0.25, 0.3) is 0 Å². The number of amides is 1. The Morgan fingerprint density at radius 3 is 2.27 bits per heavy atom. The molecule has 1 aliphatic heterocycles. The van der Waals surface area contributed by atoms with Gasteiger partial charge in [0.15, 0.2) is 0 Å². The largest absolute Gasteiger partial charge is 0.491 e. The Balaban J connectivity index is 0.00000380. The summed E-state index contributed by atoms with van der Waals surface area (Å²) in [5.41, 5.74) is 8.44. The number of hydrogen-bond donors (Lipinski definition) is 3. The summed E-state index contributed by atoms with van der Waals surface area (Å²) in [7, 11) is 0. The number of nitrogen functional groups attached to an aromatic ring is 1. The van der Waals surface area contributed by atoms with Crippen LogP contribution >= 0.6 is 12.4 Å². The summed E-state index contributed by atoms with van der Waals surface area (Å²) in [5.74, 6) is 0.530. The number of nitrogens with one attached hydrogen (secondary N) is 2. The predicted molar refractivity (Wildman–Crippen MR) is 147 cm³/mol. The Kier molecular flexibility index (Phi) is 9.24. The van der Waals surface area contributed by atoms with Crippen molar-refractivity contribution in [1.29, 1.82) is 5.41 Å². The number of carbonyl (C=O) groups excluding carboxylic acids is 2. The standard InChI is InChI=1S/C29H37N3O4.ClH/c1-18-12-25(16-29(2,3)15-18)36-26(33)14-22-13-23(32-28(22)34)17-35-24-10-8-20(9-11-24)19-4-6-21(7-5-19)27(30)31;/h4-11,18,22-23,25H,12-17H2,1-3H3,(H3,30,31)(H,32,34);1H/t18?,22-,23-,25?;/m0./s1. The van der Waals surface area contributed by atoms with Gasteiger partial charge in [-0.05, 0) is 60.3 Å². The summed E-state index contributed by atoms with van der Waals surface area (Å²) in [6, 6.07) is 15.1. The third-order valence-corrected chi connectivity index (χ3v) is 7.18. The monoisotopic (exact) mass is 527 g/mol. The van der Waals surface area contributed by atoms with Gasteiger partial charge in [0.1, 0.15) is 24.3 Å². The van der Waals surface area contributed by atoms with E-state index in [1.165, 1.54) is 0 Å². The first-order chi connectivity index (χ1) is 17.1. The van der Waals surface area contributed by atoms with Crippen LogP contribution in [0.5, 0.6) is 5.75 Å².